The van der Waals surface area contributed by atoms with Gasteiger partial charge in [0.15, 0.2) is 0 Å². The van der Waals surface area contributed by atoms with Gasteiger partial charge in [0.25, 0.3) is 0 Å². The fraction of sp³-hybridized carbons (Fsp3) is 1.00. The van der Waals surface area contributed by atoms with Crippen LogP contribution in [0.4, 0.5) is 0 Å². The molecule has 0 aromatic heterocycles. The highest BCUT2D eigenvalue weighted by Gasteiger charge is 2.21. The third kappa shape index (κ3) is 3.58. The molecule has 2 nitrogen and oxygen atoms in total. The van der Waals surface area contributed by atoms with Gasteiger partial charge in [-0.25, -0.2) is 0 Å². The number of hydrogen-bond acceptors (Lipinski definition) is 2. The van der Waals surface area contributed by atoms with Crippen molar-refractivity contribution in [3.05, 3.63) is 0 Å². The quantitative estimate of drug-likeness (QED) is 0.728. The summed E-state index contributed by atoms with van der Waals surface area (Å²) >= 11 is 0. The van der Waals surface area contributed by atoms with Crippen LogP contribution in [-0.4, -0.2) is 37.1 Å². The lowest BCUT2D eigenvalue weighted by molar-refractivity contribution is 0.132. The molecule has 0 aromatic rings. The van der Waals surface area contributed by atoms with Crippen LogP contribution in [0.2, 0.25) is 0 Å². The summed E-state index contributed by atoms with van der Waals surface area (Å²) in [5.74, 6) is 0.947. The van der Waals surface area contributed by atoms with Crippen molar-refractivity contribution in [2.75, 3.05) is 26.2 Å². The van der Waals surface area contributed by atoms with E-state index < -0.39 is 0 Å². The molecule has 84 valence electrons. The maximum Gasteiger partial charge on any atom is 0.0218 e. The van der Waals surface area contributed by atoms with Gasteiger partial charge in [0.1, 0.15) is 0 Å². The van der Waals surface area contributed by atoms with Gasteiger partial charge < -0.3 is 5.32 Å². The van der Waals surface area contributed by atoms with Gasteiger partial charge in [-0.3, -0.25) is 4.90 Å². The lowest BCUT2D eigenvalue weighted by Gasteiger charge is -2.36. The standard InChI is InChI=1S/C12H26N2/c1-4-12(10-13-5-2)14-8-6-11(3)7-9-14/h11-13H,4-10H2,1-3H3. The molecule has 1 aliphatic heterocycles. The highest BCUT2D eigenvalue weighted by molar-refractivity contribution is 4.77. The van der Waals surface area contributed by atoms with Crippen LogP contribution < -0.4 is 5.32 Å². The molecule has 1 unspecified atom stereocenters. The van der Waals surface area contributed by atoms with E-state index in [2.05, 4.69) is 31.0 Å². The predicted octanol–water partition coefficient (Wildman–Crippen LogP) is 2.11. The molecule has 0 aromatic carbocycles. The third-order valence-electron chi connectivity index (χ3n) is 3.44. The van der Waals surface area contributed by atoms with Crippen molar-refractivity contribution in [2.24, 2.45) is 5.92 Å². The molecular formula is C12H26N2. The summed E-state index contributed by atoms with van der Waals surface area (Å²) in [6, 6.07) is 0.766. The van der Waals surface area contributed by atoms with Crippen LogP contribution in [-0.2, 0) is 0 Å². The van der Waals surface area contributed by atoms with Gasteiger partial charge in [0, 0.05) is 12.6 Å². The van der Waals surface area contributed by atoms with E-state index in [9.17, 15) is 0 Å². The Morgan fingerprint density at radius 3 is 2.43 bits per heavy atom. The van der Waals surface area contributed by atoms with Gasteiger partial charge in [-0.15, -0.1) is 0 Å². The number of hydrogen-bond donors (Lipinski definition) is 1. The third-order valence-corrected chi connectivity index (χ3v) is 3.44. The molecule has 2 heteroatoms. The molecule has 1 aliphatic rings. The van der Waals surface area contributed by atoms with Gasteiger partial charge in [-0.2, -0.15) is 0 Å². The van der Waals surface area contributed by atoms with Gasteiger partial charge in [-0.1, -0.05) is 20.8 Å². The second kappa shape index (κ2) is 6.41. The molecule has 0 saturated carbocycles. The monoisotopic (exact) mass is 198 g/mol. The first-order valence-electron chi connectivity index (χ1n) is 6.22. The average molecular weight is 198 g/mol. The highest BCUT2D eigenvalue weighted by Crippen LogP contribution is 2.18. The van der Waals surface area contributed by atoms with E-state index in [1.165, 1.54) is 38.9 Å². The van der Waals surface area contributed by atoms with Crippen LogP contribution in [0.5, 0.6) is 0 Å². The fourth-order valence-corrected chi connectivity index (χ4v) is 2.24. The largest absolute Gasteiger partial charge is 0.315 e. The molecule has 0 bridgehead atoms. The summed E-state index contributed by atoms with van der Waals surface area (Å²) in [6.07, 6.45) is 4.06. The number of likely N-dealkylation sites (tertiary alicyclic amines) is 1. The van der Waals surface area contributed by atoms with E-state index in [0.717, 1.165) is 18.5 Å². The van der Waals surface area contributed by atoms with Gasteiger partial charge in [0.2, 0.25) is 0 Å². The van der Waals surface area contributed by atoms with Crippen LogP contribution in [0.25, 0.3) is 0 Å². The Balaban J connectivity index is 2.29. The van der Waals surface area contributed by atoms with Crippen molar-refractivity contribution in [2.45, 2.75) is 46.1 Å². The average Bonchev–Trinajstić information content (AvgIpc) is 2.21. The van der Waals surface area contributed by atoms with E-state index in [0.29, 0.717) is 0 Å². The molecule has 1 heterocycles. The van der Waals surface area contributed by atoms with Crippen LogP contribution in [0.15, 0.2) is 0 Å². The second-order valence-corrected chi connectivity index (χ2v) is 4.59. The summed E-state index contributed by atoms with van der Waals surface area (Å²) < 4.78 is 0. The topological polar surface area (TPSA) is 15.3 Å². The molecule has 1 N–H and O–H groups in total. The van der Waals surface area contributed by atoms with Crippen molar-refractivity contribution in [1.82, 2.24) is 10.2 Å². The summed E-state index contributed by atoms with van der Waals surface area (Å²) in [4.78, 5) is 2.67. The van der Waals surface area contributed by atoms with Crippen molar-refractivity contribution in [3.63, 3.8) is 0 Å². The Labute approximate surface area is 89.1 Å². The minimum Gasteiger partial charge on any atom is -0.315 e. The molecule has 0 spiro atoms. The van der Waals surface area contributed by atoms with E-state index in [-0.39, 0.29) is 0 Å². The van der Waals surface area contributed by atoms with Crippen molar-refractivity contribution < 1.29 is 0 Å². The Hall–Kier alpha value is -0.0800. The van der Waals surface area contributed by atoms with Crippen molar-refractivity contribution in [1.29, 1.82) is 0 Å². The Morgan fingerprint density at radius 1 is 1.29 bits per heavy atom. The zero-order chi connectivity index (χ0) is 10.4. The molecule has 0 radical (unpaired) electrons. The lowest BCUT2D eigenvalue weighted by Crippen LogP contribution is -2.45. The summed E-state index contributed by atoms with van der Waals surface area (Å²) in [6.45, 7) is 11.8. The Morgan fingerprint density at radius 2 is 1.93 bits per heavy atom. The number of rotatable bonds is 5. The predicted molar refractivity (Wildman–Crippen MR) is 62.6 cm³/mol. The molecule has 0 amide bonds. The van der Waals surface area contributed by atoms with Crippen LogP contribution in [0, 0.1) is 5.92 Å². The molecule has 14 heavy (non-hydrogen) atoms. The Kier molecular flexibility index (Phi) is 5.49. The van der Waals surface area contributed by atoms with E-state index in [4.69, 9.17) is 0 Å². The molecule has 1 atom stereocenters. The highest BCUT2D eigenvalue weighted by atomic mass is 15.2. The molecule has 1 saturated heterocycles. The minimum absolute atomic E-state index is 0.766. The SMILES string of the molecule is CCNCC(CC)N1CCC(C)CC1. The van der Waals surface area contributed by atoms with Gasteiger partial charge in [-0.05, 0) is 44.8 Å². The van der Waals surface area contributed by atoms with Gasteiger partial charge in [0.05, 0.1) is 0 Å². The van der Waals surface area contributed by atoms with Crippen molar-refractivity contribution >= 4 is 0 Å². The van der Waals surface area contributed by atoms with Crippen molar-refractivity contribution in [3.8, 4) is 0 Å². The number of piperidine rings is 1. The van der Waals surface area contributed by atoms with E-state index >= 15 is 0 Å². The minimum atomic E-state index is 0.766. The molecule has 1 fully saturated rings. The van der Waals surface area contributed by atoms with Gasteiger partial charge >= 0.3 is 0 Å². The van der Waals surface area contributed by atoms with Crippen LogP contribution in [0.3, 0.4) is 0 Å². The lowest BCUT2D eigenvalue weighted by atomic mass is 9.97. The first-order valence-corrected chi connectivity index (χ1v) is 6.22. The van der Waals surface area contributed by atoms with Crippen LogP contribution >= 0.6 is 0 Å². The normalized spacial score (nSPS) is 22.5. The summed E-state index contributed by atoms with van der Waals surface area (Å²) in [7, 11) is 0. The molecule has 1 rings (SSSR count). The second-order valence-electron chi connectivity index (χ2n) is 4.59. The zero-order valence-corrected chi connectivity index (χ0v) is 10.1. The smallest absolute Gasteiger partial charge is 0.0218 e. The van der Waals surface area contributed by atoms with E-state index in [1.54, 1.807) is 0 Å². The molecule has 0 aliphatic carbocycles. The maximum atomic E-state index is 3.47. The number of likely N-dealkylation sites (N-methyl/N-ethyl adjacent to an activating group) is 1. The molecular weight excluding hydrogens is 172 g/mol. The van der Waals surface area contributed by atoms with E-state index in [1.807, 2.05) is 0 Å². The first kappa shape index (κ1) is 12.0. The number of nitrogens with zero attached hydrogens (tertiary/aromatic N) is 1. The number of nitrogens with one attached hydrogen (secondary N) is 1. The fourth-order valence-electron chi connectivity index (χ4n) is 2.24. The summed E-state index contributed by atoms with van der Waals surface area (Å²) in [5, 5.41) is 3.47. The summed E-state index contributed by atoms with van der Waals surface area (Å²) in [5.41, 5.74) is 0. The zero-order valence-electron chi connectivity index (χ0n) is 10.1. The first-order chi connectivity index (χ1) is 6.77. The Bertz CT molecular complexity index is 137. The van der Waals surface area contributed by atoms with Crippen LogP contribution in [0.1, 0.15) is 40.0 Å². The maximum absolute atomic E-state index is 3.47.